The molecule has 5 nitrogen and oxygen atoms in total. The maximum Gasteiger partial charge on any atom is 0.263 e. The van der Waals surface area contributed by atoms with Crippen LogP contribution in [0.1, 0.15) is 22.3 Å². The number of hydrogen-bond acceptors (Lipinski definition) is 4. The van der Waals surface area contributed by atoms with Crippen molar-refractivity contribution in [2.24, 2.45) is 0 Å². The average molecular weight is 382 g/mol. The molecule has 6 heteroatoms. The summed E-state index contributed by atoms with van der Waals surface area (Å²) in [6, 6.07) is 16.9. The number of hydrogen-bond donors (Lipinski definition) is 2. The third-order valence-electron chi connectivity index (χ3n) is 4.37. The highest BCUT2D eigenvalue weighted by molar-refractivity contribution is 7.92. The number of benzene rings is 2. The maximum atomic E-state index is 12.6. The first kappa shape index (κ1) is 18.9. The van der Waals surface area contributed by atoms with Crippen LogP contribution in [-0.2, 0) is 16.6 Å². The molecule has 3 aromatic rings. The molecule has 2 aromatic carbocycles. The molecule has 0 fully saturated rings. The predicted molar refractivity (Wildman–Crippen MR) is 109 cm³/mol. The minimum Gasteiger partial charge on any atom is -0.380 e. The second-order valence-corrected chi connectivity index (χ2v) is 8.24. The molecule has 1 heterocycles. The van der Waals surface area contributed by atoms with Crippen LogP contribution in [0.3, 0.4) is 0 Å². The molecule has 27 heavy (non-hydrogen) atoms. The molecule has 0 atom stereocenters. The number of pyridine rings is 1. The van der Waals surface area contributed by atoms with Gasteiger partial charge in [-0.05, 0) is 55.7 Å². The summed E-state index contributed by atoms with van der Waals surface area (Å²) in [5.41, 5.74) is 4.98. The molecule has 0 saturated heterocycles. The molecule has 1 aromatic heterocycles. The Labute approximate surface area is 160 Å². The Morgan fingerprint density at radius 3 is 2.37 bits per heavy atom. The van der Waals surface area contributed by atoms with Gasteiger partial charge in [0, 0.05) is 6.54 Å². The van der Waals surface area contributed by atoms with Crippen LogP contribution in [0.5, 0.6) is 0 Å². The van der Waals surface area contributed by atoms with E-state index in [1.807, 2.05) is 31.2 Å². The topological polar surface area (TPSA) is 71.1 Å². The summed E-state index contributed by atoms with van der Waals surface area (Å²) < 4.78 is 27.7. The number of nitrogens with one attached hydrogen (secondary N) is 2. The molecule has 3 rings (SSSR count). The third-order valence-corrected chi connectivity index (χ3v) is 5.88. The zero-order valence-corrected chi connectivity index (χ0v) is 16.5. The van der Waals surface area contributed by atoms with E-state index in [1.54, 1.807) is 31.3 Å². The lowest BCUT2D eigenvalue weighted by Crippen LogP contribution is -2.15. The number of nitrogens with zero attached hydrogens (tertiary/aromatic N) is 1. The van der Waals surface area contributed by atoms with Crippen molar-refractivity contribution >= 4 is 21.5 Å². The van der Waals surface area contributed by atoms with Gasteiger partial charge in [0.1, 0.15) is 5.82 Å². The van der Waals surface area contributed by atoms with E-state index in [0.29, 0.717) is 12.1 Å². The predicted octanol–water partition coefficient (Wildman–Crippen LogP) is 4.42. The van der Waals surface area contributed by atoms with E-state index in [0.717, 1.165) is 11.3 Å². The summed E-state index contributed by atoms with van der Waals surface area (Å²) >= 11 is 0. The number of rotatable bonds is 6. The van der Waals surface area contributed by atoms with E-state index in [4.69, 9.17) is 0 Å². The van der Waals surface area contributed by atoms with E-state index in [-0.39, 0.29) is 10.7 Å². The Balaban J connectivity index is 1.69. The van der Waals surface area contributed by atoms with E-state index in [1.165, 1.54) is 11.1 Å². The molecule has 0 aliphatic heterocycles. The van der Waals surface area contributed by atoms with Gasteiger partial charge in [-0.3, -0.25) is 4.72 Å². The van der Waals surface area contributed by atoms with Gasteiger partial charge in [-0.25, -0.2) is 13.4 Å². The second-order valence-electron chi connectivity index (χ2n) is 6.59. The van der Waals surface area contributed by atoms with E-state index >= 15 is 0 Å². The molecule has 140 valence electrons. The van der Waals surface area contributed by atoms with Crippen molar-refractivity contribution < 1.29 is 8.42 Å². The minimum atomic E-state index is -3.67. The van der Waals surface area contributed by atoms with Crippen LogP contribution in [-0.4, -0.2) is 13.4 Å². The van der Waals surface area contributed by atoms with Crippen molar-refractivity contribution in [3.8, 4) is 0 Å². The molecule has 0 spiro atoms. The van der Waals surface area contributed by atoms with Crippen LogP contribution in [0.15, 0.2) is 65.7 Å². The van der Waals surface area contributed by atoms with Crippen LogP contribution in [0.4, 0.5) is 11.5 Å². The monoisotopic (exact) mass is 381 g/mol. The Hall–Kier alpha value is -2.86. The van der Waals surface area contributed by atoms with E-state index in [9.17, 15) is 8.42 Å². The van der Waals surface area contributed by atoms with Crippen molar-refractivity contribution in [2.75, 3.05) is 10.0 Å². The molecule has 0 amide bonds. The van der Waals surface area contributed by atoms with Crippen LogP contribution >= 0.6 is 0 Å². The Morgan fingerprint density at radius 1 is 0.926 bits per heavy atom. The summed E-state index contributed by atoms with van der Waals surface area (Å²) in [5.74, 6) is 0.288. The lowest BCUT2D eigenvalue weighted by atomic mass is 10.1. The van der Waals surface area contributed by atoms with Crippen molar-refractivity contribution in [2.45, 2.75) is 32.2 Å². The summed E-state index contributed by atoms with van der Waals surface area (Å²) in [5, 5.41) is 3.30. The summed E-state index contributed by atoms with van der Waals surface area (Å²) in [4.78, 5) is 4.48. The first-order chi connectivity index (χ1) is 12.8. The van der Waals surface area contributed by atoms with Crippen molar-refractivity contribution in [3.63, 3.8) is 0 Å². The molecule has 0 aliphatic carbocycles. The fraction of sp³-hybridized carbons (Fsp3) is 0.190. The van der Waals surface area contributed by atoms with Gasteiger partial charge >= 0.3 is 0 Å². The molecule has 0 unspecified atom stereocenters. The quantitative estimate of drug-likeness (QED) is 0.663. The first-order valence-electron chi connectivity index (χ1n) is 8.70. The SMILES string of the molecule is Cc1ccc(S(=O)(=O)Nc2ccc(NCc3ccccc3C)cn2)c(C)c1. The standard InChI is InChI=1S/C21H23N3O2S/c1-15-8-10-20(17(3)12-15)27(25,26)24-21-11-9-19(14-23-21)22-13-18-7-5-4-6-16(18)2/h4-12,14,22H,13H2,1-3H3,(H,23,24). The Bertz CT molecular complexity index is 1050. The third kappa shape index (κ3) is 4.65. The maximum absolute atomic E-state index is 12.6. The second kappa shape index (κ2) is 7.80. The number of aryl methyl sites for hydroxylation is 3. The summed E-state index contributed by atoms with van der Waals surface area (Å²) in [7, 11) is -3.67. The molecular weight excluding hydrogens is 358 g/mol. The van der Waals surface area contributed by atoms with Gasteiger partial charge in [-0.1, -0.05) is 42.0 Å². The first-order valence-corrected chi connectivity index (χ1v) is 10.2. The molecule has 0 radical (unpaired) electrons. The van der Waals surface area contributed by atoms with Gasteiger partial charge in [0.25, 0.3) is 10.0 Å². The zero-order chi connectivity index (χ0) is 19.4. The summed E-state index contributed by atoms with van der Waals surface area (Å²) in [6.45, 7) is 6.47. The number of aromatic nitrogens is 1. The van der Waals surface area contributed by atoms with Gasteiger partial charge in [0.15, 0.2) is 0 Å². The molecule has 0 aliphatic rings. The van der Waals surface area contributed by atoms with E-state index < -0.39 is 10.0 Å². The normalized spacial score (nSPS) is 11.2. The van der Waals surface area contributed by atoms with Crippen LogP contribution in [0.2, 0.25) is 0 Å². The number of anilines is 2. The zero-order valence-electron chi connectivity index (χ0n) is 15.7. The minimum absolute atomic E-state index is 0.261. The van der Waals surface area contributed by atoms with Gasteiger partial charge in [-0.15, -0.1) is 0 Å². The lowest BCUT2D eigenvalue weighted by molar-refractivity contribution is 0.600. The smallest absolute Gasteiger partial charge is 0.263 e. The molecule has 2 N–H and O–H groups in total. The average Bonchev–Trinajstić information content (AvgIpc) is 2.61. The van der Waals surface area contributed by atoms with Gasteiger partial charge in [0.2, 0.25) is 0 Å². The van der Waals surface area contributed by atoms with Crippen molar-refractivity contribution in [1.29, 1.82) is 0 Å². The highest BCUT2D eigenvalue weighted by Crippen LogP contribution is 2.20. The lowest BCUT2D eigenvalue weighted by Gasteiger charge is -2.12. The Kier molecular flexibility index (Phi) is 5.46. The van der Waals surface area contributed by atoms with Crippen molar-refractivity contribution in [3.05, 3.63) is 83.0 Å². The van der Waals surface area contributed by atoms with Crippen LogP contribution in [0.25, 0.3) is 0 Å². The fourth-order valence-electron chi connectivity index (χ4n) is 2.86. The molecule has 0 saturated carbocycles. The highest BCUT2D eigenvalue weighted by atomic mass is 32.2. The molecule has 0 bridgehead atoms. The van der Waals surface area contributed by atoms with Gasteiger partial charge in [-0.2, -0.15) is 0 Å². The largest absolute Gasteiger partial charge is 0.380 e. The van der Waals surface area contributed by atoms with Gasteiger partial charge < -0.3 is 5.32 Å². The number of sulfonamides is 1. The fourth-order valence-corrected chi connectivity index (χ4v) is 4.09. The van der Waals surface area contributed by atoms with Gasteiger partial charge in [0.05, 0.1) is 16.8 Å². The van der Waals surface area contributed by atoms with Crippen LogP contribution < -0.4 is 10.0 Å². The molecular formula is C21H23N3O2S. The summed E-state index contributed by atoms with van der Waals surface area (Å²) in [6.07, 6.45) is 1.62. The van der Waals surface area contributed by atoms with E-state index in [2.05, 4.69) is 34.1 Å². The van der Waals surface area contributed by atoms with Crippen molar-refractivity contribution in [1.82, 2.24) is 4.98 Å². The van der Waals surface area contributed by atoms with Crippen LogP contribution in [0, 0.1) is 20.8 Å². The Morgan fingerprint density at radius 2 is 1.70 bits per heavy atom. The highest BCUT2D eigenvalue weighted by Gasteiger charge is 2.17.